The molecule has 2 N–H and O–H groups in total. The average Bonchev–Trinajstić information content (AvgIpc) is 2.38. The van der Waals surface area contributed by atoms with Crippen LogP contribution in [-0.4, -0.2) is 4.98 Å². The molecule has 1 atom stereocenters. The van der Waals surface area contributed by atoms with Crippen molar-refractivity contribution in [3.05, 3.63) is 59.9 Å². The van der Waals surface area contributed by atoms with Gasteiger partial charge in [0, 0.05) is 12.2 Å². The summed E-state index contributed by atoms with van der Waals surface area (Å²) in [6.45, 7) is 2.43. The lowest BCUT2D eigenvalue weighted by Gasteiger charge is -2.12. The fraction of sp³-hybridized carbons (Fsp3) is 0.214. The average molecular weight is 228 g/mol. The summed E-state index contributed by atoms with van der Waals surface area (Å²) in [4.78, 5) is 4.24. The first-order valence-corrected chi connectivity index (χ1v) is 5.64. The van der Waals surface area contributed by atoms with Crippen LogP contribution in [0.25, 0.3) is 0 Å². The maximum absolute atomic E-state index is 5.84. The predicted molar refractivity (Wildman–Crippen MR) is 67.6 cm³/mol. The van der Waals surface area contributed by atoms with E-state index in [4.69, 9.17) is 10.5 Å². The second-order valence-electron chi connectivity index (χ2n) is 3.95. The molecule has 0 spiro atoms. The van der Waals surface area contributed by atoms with Gasteiger partial charge in [-0.1, -0.05) is 30.3 Å². The number of hydrogen-bond acceptors (Lipinski definition) is 3. The lowest BCUT2D eigenvalue weighted by molar-refractivity contribution is 0.299. The summed E-state index contributed by atoms with van der Waals surface area (Å²) in [6.07, 6.45) is 1.73. The van der Waals surface area contributed by atoms with E-state index in [1.54, 1.807) is 6.20 Å². The Morgan fingerprint density at radius 1 is 1.18 bits per heavy atom. The van der Waals surface area contributed by atoms with Crippen LogP contribution in [0.1, 0.15) is 24.2 Å². The highest BCUT2D eigenvalue weighted by Crippen LogP contribution is 2.21. The van der Waals surface area contributed by atoms with Gasteiger partial charge >= 0.3 is 0 Å². The van der Waals surface area contributed by atoms with E-state index in [9.17, 15) is 0 Å². The molecular formula is C14H16N2O. The lowest BCUT2D eigenvalue weighted by Crippen LogP contribution is -2.10. The van der Waals surface area contributed by atoms with Crippen LogP contribution in [0, 0.1) is 0 Å². The van der Waals surface area contributed by atoms with Crippen molar-refractivity contribution in [2.24, 2.45) is 5.73 Å². The Balaban J connectivity index is 2.09. The molecule has 0 saturated carbocycles. The van der Waals surface area contributed by atoms with E-state index in [-0.39, 0.29) is 6.04 Å². The van der Waals surface area contributed by atoms with Crippen LogP contribution in [0.3, 0.4) is 0 Å². The molecule has 88 valence electrons. The van der Waals surface area contributed by atoms with Gasteiger partial charge in [-0.15, -0.1) is 0 Å². The van der Waals surface area contributed by atoms with E-state index in [1.807, 2.05) is 49.4 Å². The summed E-state index contributed by atoms with van der Waals surface area (Å²) in [5, 5.41) is 0. The fourth-order valence-corrected chi connectivity index (χ4v) is 1.60. The number of rotatable bonds is 4. The first-order valence-electron chi connectivity index (χ1n) is 5.64. The molecule has 0 saturated heterocycles. The largest absolute Gasteiger partial charge is 0.487 e. The number of hydrogen-bond donors (Lipinski definition) is 1. The van der Waals surface area contributed by atoms with Gasteiger partial charge in [-0.2, -0.15) is 0 Å². The summed E-state index contributed by atoms with van der Waals surface area (Å²) >= 11 is 0. The molecule has 0 aliphatic heterocycles. The standard InChI is InChI=1S/C14H16N2O/c1-11(15)14-13(8-5-9-16-14)17-10-12-6-3-2-4-7-12/h2-9,11H,10,15H2,1H3. The first kappa shape index (κ1) is 11.6. The van der Waals surface area contributed by atoms with Gasteiger partial charge in [0.05, 0.1) is 5.69 Å². The van der Waals surface area contributed by atoms with Crippen molar-refractivity contribution in [2.45, 2.75) is 19.6 Å². The Labute approximate surface area is 101 Å². The quantitative estimate of drug-likeness (QED) is 0.875. The van der Waals surface area contributed by atoms with E-state index in [0.29, 0.717) is 6.61 Å². The maximum atomic E-state index is 5.84. The van der Waals surface area contributed by atoms with Crippen LogP contribution in [0.4, 0.5) is 0 Å². The Morgan fingerprint density at radius 3 is 2.65 bits per heavy atom. The van der Waals surface area contributed by atoms with Gasteiger partial charge in [-0.05, 0) is 24.6 Å². The smallest absolute Gasteiger partial charge is 0.142 e. The molecule has 3 heteroatoms. The molecule has 0 aliphatic carbocycles. The summed E-state index contributed by atoms with van der Waals surface area (Å²) in [5.74, 6) is 0.756. The fourth-order valence-electron chi connectivity index (χ4n) is 1.60. The monoisotopic (exact) mass is 228 g/mol. The number of ether oxygens (including phenoxy) is 1. The normalized spacial score (nSPS) is 12.1. The molecule has 0 aliphatic rings. The minimum absolute atomic E-state index is 0.123. The lowest BCUT2D eigenvalue weighted by atomic mass is 10.2. The highest BCUT2D eigenvalue weighted by molar-refractivity contribution is 5.29. The number of pyridine rings is 1. The molecule has 2 aromatic rings. The SMILES string of the molecule is CC(N)c1ncccc1OCc1ccccc1. The van der Waals surface area contributed by atoms with Gasteiger partial charge in [0.1, 0.15) is 12.4 Å². The zero-order chi connectivity index (χ0) is 12.1. The van der Waals surface area contributed by atoms with Crippen LogP contribution in [0.15, 0.2) is 48.7 Å². The second kappa shape index (κ2) is 5.46. The second-order valence-corrected chi connectivity index (χ2v) is 3.95. The predicted octanol–water partition coefficient (Wildman–Crippen LogP) is 2.68. The summed E-state index contributed by atoms with van der Waals surface area (Å²) in [5.41, 5.74) is 7.77. The molecule has 0 fully saturated rings. The van der Waals surface area contributed by atoms with Crippen LogP contribution < -0.4 is 10.5 Å². The van der Waals surface area contributed by atoms with E-state index in [1.165, 1.54) is 0 Å². The van der Waals surface area contributed by atoms with E-state index in [2.05, 4.69) is 4.98 Å². The molecular weight excluding hydrogens is 212 g/mol. The van der Waals surface area contributed by atoms with Crippen LogP contribution in [0.5, 0.6) is 5.75 Å². The van der Waals surface area contributed by atoms with E-state index < -0.39 is 0 Å². The van der Waals surface area contributed by atoms with Crippen LogP contribution >= 0.6 is 0 Å². The molecule has 2 rings (SSSR count). The molecule has 0 radical (unpaired) electrons. The van der Waals surface area contributed by atoms with Crippen molar-refractivity contribution < 1.29 is 4.74 Å². The zero-order valence-electron chi connectivity index (χ0n) is 9.84. The van der Waals surface area contributed by atoms with E-state index >= 15 is 0 Å². The highest BCUT2D eigenvalue weighted by atomic mass is 16.5. The zero-order valence-corrected chi connectivity index (χ0v) is 9.84. The minimum atomic E-state index is -0.123. The van der Waals surface area contributed by atoms with Crippen LogP contribution in [0.2, 0.25) is 0 Å². The number of aromatic nitrogens is 1. The maximum Gasteiger partial charge on any atom is 0.142 e. The van der Waals surface area contributed by atoms with Crippen molar-refractivity contribution >= 4 is 0 Å². The molecule has 1 aromatic carbocycles. The van der Waals surface area contributed by atoms with Gasteiger partial charge in [0.25, 0.3) is 0 Å². The van der Waals surface area contributed by atoms with Crippen molar-refractivity contribution in [2.75, 3.05) is 0 Å². The first-order chi connectivity index (χ1) is 8.27. The summed E-state index contributed by atoms with van der Waals surface area (Å²) in [7, 11) is 0. The Morgan fingerprint density at radius 2 is 1.94 bits per heavy atom. The van der Waals surface area contributed by atoms with Crippen LogP contribution in [-0.2, 0) is 6.61 Å². The van der Waals surface area contributed by atoms with E-state index in [0.717, 1.165) is 17.0 Å². The van der Waals surface area contributed by atoms with Gasteiger partial charge < -0.3 is 10.5 Å². The number of benzene rings is 1. The van der Waals surface area contributed by atoms with Crippen molar-refractivity contribution in [3.63, 3.8) is 0 Å². The van der Waals surface area contributed by atoms with Crippen molar-refractivity contribution in [1.29, 1.82) is 0 Å². The third-order valence-electron chi connectivity index (χ3n) is 2.47. The third-order valence-corrected chi connectivity index (χ3v) is 2.47. The minimum Gasteiger partial charge on any atom is -0.487 e. The summed E-state index contributed by atoms with van der Waals surface area (Å²) < 4.78 is 5.74. The van der Waals surface area contributed by atoms with Gasteiger partial charge in [-0.25, -0.2) is 0 Å². The Kier molecular flexibility index (Phi) is 3.73. The topological polar surface area (TPSA) is 48.1 Å². The van der Waals surface area contributed by atoms with Gasteiger partial charge in [0.2, 0.25) is 0 Å². The molecule has 3 nitrogen and oxygen atoms in total. The van der Waals surface area contributed by atoms with Crippen molar-refractivity contribution in [1.82, 2.24) is 4.98 Å². The number of nitrogens with two attached hydrogens (primary N) is 1. The summed E-state index contributed by atoms with van der Waals surface area (Å²) in [6, 6.07) is 13.7. The van der Waals surface area contributed by atoms with Crippen molar-refractivity contribution in [3.8, 4) is 5.75 Å². The highest BCUT2D eigenvalue weighted by Gasteiger charge is 2.08. The Hall–Kier alpha value is -1.87. The molecule has 17 heavy (non-hydrogen) atoms. The molecule has 0 bridgehead atoms. The number of nitrogens with zero attached hydrogens (tertiary/aromatic N) is 1. The van der Waals surface area contributed by atoms with Gasteiger partial charge in [-0.3, -0.25) is 4.98 Å². The molecule has 0 amide bonds. The third kappa shape index (κ3) is 3.04. The Bertz CT molecular complexity index is 469. The molecule has 1 unspecified atom stereocenters. The molecule has 1 aromatic heterocycles. The molecule has 1 heterocycles. The van der Waals surface area contributed by atoms with Gasteiger partial charge in [0.15, 0.2) is 0 Å².